The van der Waals surface area contributed by atoms with E-state index in [0.29, 0.717) is 11.3 Å². The van der Waals surface area contributed by atoms with E-state index in [0.717, 1.165) is 25.7 Å². The topological polar surface area (TPSA) is 118 Å². The molecular weight excluding hydrogens is 260 g/mol. The van der Waals surface area contributed by atoms with Crippen molar-refractivity contribution in [2.24, 2.45) is 0 Å². The molecular formula is C13H16N4O3. The van der Waals surface area contributed by atoms with Crippen molar-refractivity contribution in [2.45, 2.75) is 37.8 Å². The van der Waals surface area contributed by atoms with Gasteiger partial charge in [0.25, 0.3) is 0 Å². The number of pyridine rings is 1. The molecule has 1 amide bonds. The van der Waals surface area contributed by atoms with E-state index >= 15 is 0 Å². The Balaban J connectivity index is 1.93. The van der Waals surface area contributed by atoms with Crippen LogP contribution < -0.4 is 10.6 Å². The highest BCUT2D eigenvalue weighted by Crippen LogP contribution is 2.26. The number of anilines is 1. The summed E-state index contributed by atoms with van der Waals surface area (Å²) in [5.41, 5.74) is 0.824. The van der Waals surface area contributed by atoms with E-state index < -0.39 is 6.09 Å². The smallest absolute Gasteiger partial charge is 0.404 e. The Kier molecular flexibility index (Phi) is 4.25. The maximum Gasteiger partial charge on any atom is 0.404 e. The summed E-state index contributed by atoms with van der Waals surface area (Å²) >= 11 is 0. The molecule has 0 unspecified atom stereocenters. The Morgan fingerprint density at radius 3 is 2.60 bits per heavy atom. The molecule has 0 saturated heterocycles. The maximum absolute atomic E-state index is 10.6. The van der Waals surface area contributed by atoms with Crippen LogP contribution in [0.25, 0.3) is 0 Å². The molecule has 1 aliphatic rings. The monoisotopic (exact) mass is 276 g/mol. The Bertz CT molecular complexity index is 533. The first-order valence-corrected chi connectivity index (χ1v) is 6.43. The molecule has 1 aliphatic carbocycles. The van der Waals surface area contributed by atoms with Gasteiger partial charge in [0.1, 0.15) is 6.07 Å². The molecule has 7 nitrogen and oxygen atoms in total. The maximum atomic E-state index is 10.6. The normalized spacial score (nSPS) is 21.8. The lowest BCUT2D eigenvalue weighted by molar-refractivity contribution is 0.185. The zero-order valence-electron chi connectivity index (χ0n) is 10.8. The number of aromatic nitrogens is 1. The number of nitrogens with zero attached hydrogens (tertiary/aromatic N) is 2. The molecule has 0 radical (unpaired) electrons. The number of hydrogen-bond acceptors (Lipinski definition) is 5. The third-order valence-corrected chi connectivity index (χ3v) is 3.41. The van der Waals surface area contributed by atoms with Crippen LogP contribution in [0.15, 0.2) is 12.3 Å². The van der Waals surface area contributed by atoms with Crippen LogP contribution in [0.3, 0.4) is 0 Å². The van der Waals surface area contributed by atoms with Crippen LogP contribution in [0, 0.1) is 11.3 Å². The van der Waals surface area contributed by atoms with Gasteiger partial charge in [-0.2, -0.15) is 5.26 Å². The summed E-state index contributed by atoms with van der Waals surface area (Å²) in [6.45, 7) is 0. The molecule has 1 aromatic heterocycles. The van der Waals surface area contributed by atoms with Crippen LogP contribution in [0.5, 0.6) is 5.88 Å². The lowest BCUT2D eigenvalue weighted by atomic mass is 9.91. The van der Waals surface area contributed by atoms with Crippen molar-refractivity contribution in [3.05, 3.63) is 17.8 Å². The van der Waals surface area contributed by atoms with Crippen LogP contribution >= 0.6 is 0 Å². The fraction of sp³-hybridized carbons (Fsp3) is 0.462. The van der Waals surface area contributed by atoms with E-state index in [1.165, 1.54) is 6.20 Å². The van der Waals surface area contributed by atoms with Crippen molar-refractivity contribution in [2.75, 3.05) is 5.32 Å². The fourth-order valence-corrected chi connectivity index (χ4v) is 2.40. The average molecular weight is 276 g/mol. The molecule has 0 spiro atoms. The number of hydrogen-bond donors (Lipinski definition) is 4. The van der Waals surface area contributed by atoms with E-state index in [-0.39, 0.29) is 18.0 Å². The lowest BCUT2D eigenvalue weighted by Crippen LogP contribution is -2.39. The van der Waals surface area contributed by atoms with Crippen LogP contribution in [0.4, 0.5) is 10.5 Å². The molecule has 1 saturated carbocycles. The summed E-state index contributed by atoms with van der Waals surface area (Å²) in [4.78, 5) is 14.3. The Labute approximate surface area is 116 Å². The Morgan fingerprint density at radius 1 is 1.35 bits per heavy atom. The van der Waals surface area contributed by atoms with Crippen LogP contribution in [0.2, 0.25) is 0 Å². The van der Waals surface area contributed by atoms with Gasteiger partial charge in [0.05, 0.1) is 11.3 Å². The molecule has 106 valence electrons. The summed E-state index contributed by atoms with van der Waals surface area (Å²) in [7, 11) is 0. The first-order valence-electron chi connectivity index (χ1n) is 6.43. The molecule has 0 atom stereocenters. The Hall–Kier alpha value is -2.49. The van der Waals surface area contributed by atoms with Crippen molar-refractivity contribution < 1.29 is 15.0 Å². The first-order chi connectivity index (χ1) is 9.58. The van der Waals surface area contributed by atoms with Gasteiger partial charge in [-0.05, 0) is 31.7 Å². The average Bonchev–Trinajstić information content (AvgIpc) is 2.43. The highest BCUT2D eigenvalue weighted by Gasteiger charge is 2.22. The zero-order valence-corrected chi connectivity index (χ0v) is 10.8. The van der Waals surface area contributed by atoms with Crippen molar-refractivity contribution in [1.29, 1.82) is 5.26 Å². The lowest BCUT2D eigenvalue weighted by Gasteiger charge is -2.29. The van der Waals surface area contributed by atoms with Crippen LogP contribution in [-0.2, 0) is 0 Å². The summed E-state index contributed by atoms with van der Waals surface area (Å²) in [5.74, 6) is -0.130. The predicted molar refractivity (Wildman–Crippen MR) is 71.4 cm³/mol. The molecule has 0 aliphatic heterocycles. The number of carboxylic acid groups (broad SMARTS) is 1. The summed E-state index contributed by atoms with van der Waals surface area (Å²) in [6, 6.07) is 3.66. The van der Waals surface area contributed by atoms with Gasteiger partial charge >= 0.3 is 6.09 Å². The SMILES string of the molecule is N#Cc1cnc(O)c(NC2CCC(NC(=O)O)CC2)c1. The largest absolute Gasteiger partial charge is 0.492 e. The predicted octanol–water partition coefficient (Wildman–Crippen LogP) is 1.65. The molecule has 1 heterocycles. The second-order valence-electron chi connectivity index (χ2n) is 4.85. The minimum absolute atomic E-state index is 0.0114. The molecule has 1 aromatic rings. The third kappa shape index (κ3) is 3.51. The van der Waals surface area contributed by atoms with Crippen molar-refractivity contribution >= 4 is 11.8 Å². The zero-order chi connectivity index (χ0) is 14.5. The summed E-state index contributed by atoms with van der Waals surface area (Å²) in [6.07, 6.45) is 3.40. The second-order valence-corrected chi connectivity index (χ2v) is 4.85. The van der Waals surface area contributed by atoms with Gasteiger partial charge in [0.15, 0.2) is 0 Å². The minimum atomic E-state index is -0.995. The molecule has 20 heavy (non-hydrogen) atoms. The van der Waals surface area contributed by atoms with Crippen LogP contribution in [0.1, 0.15) is 31.2 Å². The number of nitrogens with one attached hydrogen (secondary N) is 2. The van der Waals surface area contributed by atoms with E-state index in [2.05, 4.69) is 15.6 Å². The van der Waals surface area contributed by atoms with Gasteiger partial charge in [-0.15, -0.1) is 0 Å². The molecule has 2 rings (SSSR count). The van der Waals surface area contributed by atoms with E-state index in [9.17, 15) is 9.90 Å². The highest BCUT2D eigenvalue weighted by molar-refractivity contribution is 5.64. The summed E-state index contributed by atoms with van der Waals surface area (Å²) in [5, 5.41) is 32.8. The summed E-state index contributed by atoms with van der Waals surface area (Å²) < 4.78 is 0. The molecule has 0 aromatic carbocycles. The standard InChI is InChI=1S/C13H16N4O3/c14-6-8-5-11(12(18)15-7-8)16-9-1-3-10(4-2-9)17-13(19)20/h5,7,9-10,16-17H,1-4H2,(H,15,18)(H,19,20). The number of amides is 1. The fourth-order valence-electron chi connectivity index (χ4n) is 2.40. The third-order valence-electron chi connectivity index (χ3n) is 3.41. The molecule has 0 bridgehead atoms. The quantitative estimate of drug-likeness (QED) is 0.666. The van der Waals surface area contributed by atoms with Crippen molar-refractivity contribution in [1.82, 2.24) is 10.3 Å². The van der Waals surface area contributed by atoms with Crippen molar-refractivity contribution in [3.63, 3.8) is 0 Å². The van der Waals surface area contributed by atoms with Crippen molar-refractivity contribution in [3.8, 4) is 11.9 Å². The van der Waals surface area contributed by atoms with Gasteiger partial charge in [-0.25, -0.2) is 9.78 Å². The van der Waals surface area contributed by atoms with E-state index in [1.54, 1.807) is 6.07 Å². The van der Waals surface area contributed by atoms with Gasteiger partial charge in [0, 0.05) is 18.3 Å². The van der Waals surface area contributed by atoms with Gasteiger partial charge in [-0.3, -0.25) is 0 Å². The Morgan fingerprint density at radius 2 is 2.00 bits per heavy atom. The van der Waals surface area contributed by atoms with Gasteiger partial charge in [-0.1, -0.05) is 0 Å². The van der Waals surface area contributed by atoms with E-state index in [1.807, 2.05) is 6.07 Å². The van der Waals surface area contributed by atoms with Crippen LogP contribution in [-0.4, -0.2) is 33.4 Å². The number of carbonyl (C=O) groups is 1. The number of aromatic hydroxyl groups is 1. The van der Waals surface area contributed by atoms with E-state index in [4.69, 9.17) is 10.4 Å². The highest BCUT2D eigenvalue weighted by atomic mass is 16.4. The number of nitriles is 1. The molecule has 4 N–H and O–H groups in total. The molecule has 1 fully saturated rings. The second kappa shape index (κ2) is 6.10. The van der Waals surface area contributed by atoms with Gasteiger partial charge < -0.3 is 20.8 Å². The minimum Gasteiger partial charge on any atom is -0.492 e. The first kappa shape index (κ1) is 13.9. The van der Waals surface area contributed by atoms with Gasteiger partial charge in [0.2, 0.25) is 5.88 Å². The molecule has 7 heteroatoms. The number of rotatable bonds is 3.